The number of nitrogens with zero attached hydrogens (tertiary/aromatic N) is 3. The molecule has 6 heteroatoms. The van der Waals surface area contributed by atoms with Crippen LogP contribution >= 0.6 is 0 Å². The molecule has 0 amide bonds. The fourth-order valence-electron chi connectivity index (χ4n) is 3.59. The van der Waals surface area contributed by atoms with Crippen LogP contribution in [0.15, 0.2) is 33.8 Å². The lowest BCUT2D eigenvalue weighted by atomic mass is 9.80. The first-order valence-corrected chi connectivity index (χ1v) is 9.65. The number of benzene rings is 1. The summed E-state index contributed by atoms with van der Waals surface area (Å²) in [6.45, 7) is 2.23. The van der Waals surface area contributed by atoms with Crippen molar-refractivity contribution in [3.05, 3.63) is 47.2 Å². The topological polar surface area (TPSA) is 74.2 Å². The molecule has 1 aromatic carbocycles. The van der Waals surface area contributed by atoms with Crippen LogP contribution < -0.4 is 5.43 Å². The van der Waals surface area contributed by atoms with Crippen LogP contribution in [-0.2, 0) is 0 Å². The Bertz CT molecular complexity index is 816. The van der Waals surface area contributed by atoms with Crippen molar-refractivity contribution in [1.82, 2.24) is 4.98 Å². The van der Waals surface area contributed by atoms with Gasteiger partial charge in [0, 0.05) is 11.5 Å². The van der Waals surface area contributed by atoms with Crippen molar-refractivity contribution in [2.45, 2.75) is 57.8 Å². The molecular weight excluding hydrogens is 343 g/mol. The third-order valence-electron chi connectivity index (χ3n) is 5.19. The number of nitriles is 1. The summed E-state index contributed by atoms with van der Waals surface area (Å²) in [7, 11) is 0. The lowest BCUT2D eigenvalue weighted by molar-refractivity contribution is 0.278. The van der Waals surface area contributed by atoms with Gasteiger partial charge in [-0.2, -0.15) is 10.4 Å². The second-order valence-corrected chi connectivity index (χ2v) is 7.09. The van der Waals surface area contributed by atoms with Crippen LogP contribution in [-0.4, -0.2) is 11.2 Å². The normalized spacial score (nSPS) is 19.9. The molecule has 1 aromatic heterocycles. The van der Waals surface area contributed by atoms with Crippen molar-refractivity contribution in [1.29, 1.82) is 5.26 Å². The van der Waals surface area contributed by atoms with Gasteiger partial charge in [0.1, 0.15) is 11.9 Å². The number of aromatic nitrogens is 1. The SMILES string of the molecule is CCCCC1CCC(c2nc(C#N)c(NN=Cc3ccccc3F)o2)CC1. The monoisotopic (exact) mass is 368 g/mol. The quantitative estimate of drug-likeness (QED) is 0.510. The molecule has 0 unspecified atom stereocenters. The third-order valence-corrected chi connectivity index (χ3v) is 5.19. The van der Waals surface area contributed by atoms with E-state index in [2.05, 4.69) is 22.4 Å². The van der Waals surface area contributed by atoms with E-state index in [1.54, 1.807) is 18.2 Å². The molecule has 1 aliphatic carbocycles. The van der Waals surface area contributed by atoms with Gasteiger partial charge in [0.15, 0.2) is 0 Å². The van der Waals surface area contributed by atoms with Gasteiger partial charge in [-0.05, 0) is 37.7 Å². The molecule has 1 N–H and O–H groups in total. The molecule has 1 heterocycles. The molecule has 0 spiro atoms. The van der Waals surface area contributed by atoms with E-state index in [4.69, 9.17) is 4.42 Å². The number of anilines is 1. The second kappa shape index (κ2) is 9.31. The Morgan fingerprint density at radius 1 is 1.33 bits per heavy atom. The van der Waals surface area contributed by atoms with E-state index < -0.39 is 0 Å². The van der Waals surface area contributed by atoms with Gasteiger partial charge >= 0.3 is 0 Å². The summed E-state index contributed by atoms with van der Waals surface area (Å²) >= 11 is 0. The minimum absolute atomic E-state index is 0.184. The minimum atomic E-state index is -0.360. The molecular formula is C21H25FN4O. The van der Waals surface area contributed by atoms with E-state index in [-0.39, 0.29) is 23.3 Å². The fraction of sp³-hybridized carbons (Fsp3) is 0.476. The average molecular weight is 368 g/mol. The maximum Gasteiger partial charge on any atom is 0.252 e. The third kappa shape index (κ3) is 4.94. The van der Waals surface area contributed by atoms with Crippen molar-refractivity contribution in [2.24, 2.45) is 11.0 Å². The molecule has 0 radical (unpaired) electrons. The highest BCUT2D eigenvalue weighted by molar-refractivity contribution is 5.80. The van der Waals surface area contributed by atoms with Crippen LogP contribution in [0.25, 0.3) is 0 Å². The van der Waals surface area contributed by atoms with Crippen molar-refractivity contribution >= 4 is 12.1 Å². The number of hydrogen-bond donors (Lipinski definition) is 1. The molecule has 2 aromatic rings. The summed E-state index contributed by atoms with van der Waals surface area (Å²) in [5.74, 6) is 1.51. The van der Waals surface area contributed by atoms with Crippen molar-refractivity contribution in [3.63, 3.8) is 0 Å². The van der Waals surface area contributed by atoms with Crippen LogP contribution in [0.2, 0.25) is 0 Å². The Kier molecular flexibility index (Phi) is 6.59. The van der Waals surface area contributed by atoms with Crippen LogP contribution in [0.5, 0.6) is 0 Å². The van der Waals surface area contributed by atoms with E-state index in [0.717, 1.165) is 18.8 Å². The van der Waals surface area contributed by atoms with Crippen LogP contribution in [0, 0.1) is 23.1 Å². The van der Waals surface area contributed by atoms with E-state index in [0.29, 0.717) is 11.5 Å². The zero-order valence-corrected chi connectivity index (χ0v) is 15.6. The van der Waals surface area contributed by atoms with E-state index in [9.17, 15) is 9.65 Å². The van der Waals surface area contributed by atoms with Crippen LogP contribution in [0.1, 0.15) is 74.9 Å². The Morgan fingerprint density at radius 3 is 2.81 bits per heavy atom. The molecule has 0 bridgehead atoms. The number of unbranched alkanes of at least 4 members (excludes halogenated alkanes) is 1. The summed E-state index contributed by atoms with van der Waals surface area (Å²) in [5.41, 5.74) is 3.23. The Morgan fingerprint density at radius 2 is 2.11 bits per heavy atom. The number of rotatable bonds is 7. The molecule has 5 nitrogen and oxygen atoms in total. The number of halogens is 1. The van der Waals surface area contributed by atoms with Gasteiger partial charge in [-0.1, -0.05) is 44.4 Å². The molecule has 0 aliphatic heterocycles. The molecule has 0 saturated heterocycles. The summed E-state index contributed by atoms with van der Waals surface area (Å²) < 4.78 is 19.4. The van der Waals surface area contributed by atoms with Gasteiger partial charge < -0.3 is 4.42 Å². The molecule has 27 heavy (non-hydrogen) atoms. The molecule has 142 valence electrons. The maximum absolute atomic E-state index is 13.6. The standard InChI is InChI=1S/C21H25FN4O/c1-2-3-6-15-9-11-16(12-10-15)20-25-19(13-23)21(27-20)26-24-14-17-7-4-5-8-18(17)22/h4-5,7-8,14-16,26H,2-3,6,9-12H2,1H3. The van der Waals surface area contributed by atoms with Gasteiger partial charge in [-0.3, -0.25) is 0 Å². The number of oxazole rings is 1. The second-order valence-electron chi connectivity index (χ2n) is 7.09. The summed E-state index contributed by atoms with van der Waals surface area (Å²) in [5, 5.41) is 13.3. The summed E-state index contributed by atoms with van der Waals surface area (Å²) in [6, 6.07) is 8.37. The lowest BCUT2D eigenvalue weighted by Crippen LogP contribution is -2.13. The Labute approximate surface area is 159 Å². The predicted octanol–water partition coefficient (Wildman–Crippen LogP) is 5.60. The first-order chi connectivity index (χ1) is 13.2. The highest BCUT2D eigenvalue weighted by Gasteiger charge is 2.27. The number of hydrogen-bond acceptors (Lipinski definition) is 5. The van der Waals surface area contributed by atoms with Crippen molar-refractivity contribution in [3.8, 4) is 6.07 Å². The van der Waals surface area contributed by atoms with E-state index >= 15 is 0 Å². The molecule has 1 fully saturated rings. The highest BCUT2D eigenvalue weighted by Crippen LogP contribution is 2.38. The van der Waals surface area contributed by atoms with Crippen LogP contribution in [0.4, 0.5) is 10.3 Å². The first-order valence-electron chi connectivity index (χ1n) is 9.65. The highest BCUT2D eigenvalue weighted by atomic mass is 19.1. The first kappa shape index (κ1) is 19.1. The number of nitrogens with one attached hydrogen (secondary N) is 1. The van der Waals surface area contributed by atoms with Gasteiger partial charge in [-0.25, -0.2) is 14.8 Å². The van der Waals surface area contributed by atoms with Gasteiger partial charge in [0.2, 0.25) is 11.6 Å². The largest absolute Gasteiger partial charge is 0.422 e. The molecule has 0 atom stereocenters. The smallest absolute Gasteiger partial charge is 0.252 e. The molecule has 1 saturated carbocycles. The Hall–Kier alpha value is -2.68. The fourth-order valence-corrected chi connectivity index (χ4v) is 3.59. The van der Waals surface area contributed by atoms with Crippen molar-refractivity contribution < 1.29 is 8.81 Å². The Balaban J connectivity index is 1.62. The predicted molar refractivity (Wildman–Crippen MR) is 103 cm³/mol. The lowest BCUT2D eigenvalue weighted by Gasteiger charge is -2.26. The van der Waals surface area contributed by atoms with Crippen LogP contribution in [0.3, 0.4) is 0 Å². The molecule has 1 aliphatic rings. The zero-order valence-electron chi connectivity index (χ0n) is 15.6. The van der Waals surface area contributed by atoms with E-state index in [1.165, 1.54) is 44.4 Å². The summed E-state index contributed by atoms with van der Waals surface area (Å²) in [4.78, 5) is 4.34. The minimum Gasteiger partial charge on any atom is -0.422 e. The maximum atomic E-state index is 13.6. The average Bonchev–Trinajstić information content (AvgIpc) is 3.11. The van der Waals surface area contributed by atoms with Gasteiger partial charge in [0.05, 0.1) is 6.21 Å². The zero-order chi connectivity index (χ0) is 19.1. The van der Waals surface area contributed by atoms with Crippen molar-refractivity contribution in [2.75, 3.05) is 5.43 Å². The van der Waals surface area contributed by atoms with Gasteiger partial charge in [-0.15, -0.1) is 0 Å². The van der Waals surface area contributed by atoms with E-state index in [1.807, 2.05) is 6.07 Å². The van der Waals surface area contributed by atoms with Gasteiger partial charge in [0.25, 0.3) is 5.88 Å². The number of hydrazone groups is 1. The summed E-state index contributed by atoms with van der Waals surface area (Å²) in [6.07, 6.45) is 9.64. The molecule has 3 rings (SSSR count).